The Morgan fingerprint density at radius 3 is 1.50 bits per heavy atom. The maximum atomic E-state index is 11.8. The first-order valence-corrected chi connectivity index (χ1v) is 19.6. The van der Waals surface area contributed by atoms with Crippen molar-refractivity contribution < 1.29 is 33.1 Å². The van der Waals surface area contributed by atoms with Crippen LogP contribution in [0.1, 0.15) is 122 Å². The number of carbonyl (C=O) groups is 1. The van der Waals surface area contributed by atoms with Crippen molar-refractivity contribution in [2.75, 3.05) is 26.4 Å². The number of esters is 1. The zero-order valence-electron chi connectivity index (χ0n) is 29.7. The van der Waals surface area contributed by atoms with Crippen molar-refractivity contribution in [1.29, 1.82) is 0 Å². The van der Waals surface area contributed by atoms with E-state index in [2.05, 4.69) is 101 Å². The molecule has 0 amide bonds. The van der Waals surface area contributed by atoms with Crippen LogP contribution in [-0.2, 0) is 23.1 Å². The lowest BCUT2D eigenvalue weighted by molar-refractivity contribution is -0.147. The van der Waals surface area contributed by atoms with E-state index in [0.29, 0.717) is 6.42 Å². The molecule has 0 saturated heterocycles. The molecule has 0 bridgehead atoms. The summed E-state index contributed by atoms with van der Waals surface area (Å²) < 4.78 is 25.7. The summed E-state index contributed by atoms with van der Waals surface area (Å²) in [6, 6.07) is 0. The molecule has 2 unspecified atom stereocenters. The van der Waals surface area contributed by atoms with Crippen LogP contribution in [0.25, 0.3) is 0 Å². The number of nitrogens with two attached hydrogens (primary N) is 1. The molecule has 0 aromatic carbocycles. The molecular weight excluding hydrogens is 625 g/mol. The lowest BCUT2D eigenvalue weighted by Gasteiger charge is -2.15. The number of aliphatic hydroxyl groups excluding tert-OH is 1. The Labute approximate surface area is 292 Å². The summed E-state index contributed by atoms with van der Waals surface area (Å²) >= 11 is 0. The largest absolute Gasteiger partial charge is 0.472 e. The summed E-state index contributed by atoms with van der Waals surface area (Å²) in [6.45, 7) is 1.32. The highest BCUT2D eigenvalue weighted by Gasteiger charge is 2.22. The number of unbranched alkanes of at least 4 members (excludes halogenated alkanes) is 9. The Morgan fingerprint density at radius 2 is 1.04 bits per heavy atom. The van der Waals surface area contributed by atoms with Gasteiger partial charge < -0.3 is 20.5 Å². The quantitative estimate of drug-likeness (QED) is 0.0269. The van der Waals surface area contributed by atoms with E-state index in [-0.39, 0.29) is 19.8 Å². The number of allylic oxidation sites excluding steroid dienone is 14. The van der Waals surface area contributed by atoms with Gasteiger partial charge in [-0.05, 0) is 64.2 Å². The molecule has 0 fully saturated rings. The monoisotopic (exact) mass is 691 g/mol. The van der Waals surface area contributed by atoms with Crippen LogP contribution in [0.15, 0.2) is 85.1 Å². The standard InChI is InChI=1S/C39H66NO7P/c1-2-3-4-5-6-7-8-9-10-11-12-13-14-15-16-17-18-19-20-21-22-23-24-25-26-27-28-29-30-31-32-33-39(42)45-36-38(41)37-47-48(43,44)46-35-34-40/h3-4,6-7,9-10,12-13,15-16,18-19,21-22,38,41H,2,5,8,11,14,17,20,23-37,40H2,1H3,(H,43,44)/b4-3-,7-6-,10-9-,13-12-,16-15-,19-18-,22-21-. The smallest absolute Gasteiger partial charge is 0.463 e. The molecule has 0 aliphatic carbocycles. The molecule has 2 atom stereocenters. The van der Waals surface area contributed by atoms with Crippen LogP contribution in [-0.4, -0.2) is 48.4 Å². The Bertz CT molecular complexity index is 1000. The molecule has 48 heavy (non-hydrogen) atoms. The van der Waals surface area contributed by atoms with Crippen molar-refractivity contribution in [2.24, 2.45) is 5.73 Å². The fourth-order valence-electron chi connectivity index (χ4n) is 4.37. The second-order valence-electron chi connectivity index (χ2n) is 11.6. The summed E-state index contributed by atoms with van der Waals surface area (Å²) in [4.78, 5) is 21.2. The third kappa shape index (κ3) is 36.5. The molecule has 0 radical (unpaired) electrons. The SMILES string of the molecule is CC/C=C\C/C=C\C/C=C\C/C=C\C/C=C\C/C=C\C/C=C\CCCCCCCCCCCC(=O)OCC(O)COP(=O)(O)OCCN. The molecule has 8 nitrogen and oxygen atoms in total. The highest BCUT2D eigenvalue weighted by Crippen LogP contribution is 2.42. The van der Waals surface area contributed by atoms with Crippen molar-refractivity contribution >= 4 is 13.8 Å². The predicted octanol–water partition coefficient (Wildman–Crippen LogP) is 9.92. The van der Waals surface area contributed by atoms with Crippen LogP contribution in [0, 0.1) is 0 Å². The highest BCUT2D eigenvalue weighted by molar-refractivity contribution is 7.47. The van der Waals surface area contributed by atoms with Gasteiger partial charge in [-0.2, -0.15) is 0 Å². The lowest BCUT2D eigenvalue weighted by Crippen LogP contribution is -2.23. The van der Waals surface area contributed by atoms with Crippen LogP contribution in [0.3, 0.4) is 0 Å². The molecule has 0 rings (SSSR count). The average molecular weight is 692 g/mol. The van der Waals surface area contributed by atoms with Crippen molar-refractivity contribution in [1.82, 2.24) is 0 Å². The highest BCUT2D eigenvalue weighted by atomic mass is 31.2. The van der Waals surface area contributed by atoms with E-state index in [1.165, 1.54) is 38.5 Å². The number of hydrogen-bond donors (Lipinski definition) is 3. The van der Waals surface area contributed by atoms with Gasteiger partial charge in [-0.15, -0.1) is 0 Å². The van der Waals surface area contributed by atoms with Crippen LogP contribution < -0.4 is 5.73 Å². The minimum atomic E-state index is -4.26. The van der Waals surface area contributed by atoms with E-state index in [4.69, 9.17) is 10.5 Å². The normalized spacial score (nSPS) is 14.7. The van der Waals surface area contributed by atoms with Crippen LogP contribution in [0.4, 0.5) is 0 Å². The average Bonchev–Trinajstić information content (AvgIpc) is 3.08. The molecule has 0 spiro atoms. The molecule has 0 saturated carbocycles. The topological polar surface area (TPSA) is 128 Å². The predicted molar refractivity (Wildman–Crippen MR) is 201 cm³/mol. The third-order valence-electron chi connectivity index (χ3n) is 7.03. The summed E-state index contributed by atoms with van der Waals surface area (Å²) in [5.41, 5.74) is 5.19. The van der Waals surface area contributed by atoms with Gasteiger partial charge in [0.25, 0.3) is 0 Å². The second-order valence-corrected chi connectivity index (χ2v) is 13.0. The number of phosphoric ester groups is 1. The fourth-order valence-corrected chi connectivity index (χ4v) is 5.15. The Morgan fingerprint density at radius 1 is 0.625 bits per heavy atom. The first-order valence-electron chi connectivity index (χ1n) is 18.1. The van der Waals surface area contributed by atoms with Gasteiger partial charge in [-0.3, -0.25) is 13.8 Å². The molecule has 0 aliphatic heterocycles. The summed E-state index contributed by atoms with van der Waals surface area (Å²) in [7, 11) is -4.26. The van der Waals surface area contributed by atoms with Crippen LogP contribution >= 0.6 is 7.82 Å². The van der Waals surface area contributed by atoms with Gasteiger partial charge in [0.15, 0.2) is 0 Å². The van der Waals surface area contributed by atoms with E-state index in [9.17, 15) is 19.4 Å². The molecule has 0 heterocycles. The van der Waals surface area contributed by atoms with Crippen molar-refractivity contribution in [2.45, 2.75) is 129 Å². The summed E-state index contributed by atoms with van der Waals surface area (Å²) in [5.74, 6) is -0.396. The van der Waals surface area contributed by atoms with Crippen LogP contribution in [0.2, 0.25) is 0 Å². The summed E-state index contributed by atoms with van der Waals surface area (Å²) in [5, 5.41) is 9.75. The number of phosphoric acid groups is 1. The van der Waals surface area contributed by atoms with Gasteiger partial charge in [0.2, 0.25) is 0 Å². The number of ether oxygens (including phenoxy) is 1. The van der Waals surface area contributed by atoms with Crippen molar-refractivity contribution in [3.63, 3.8) is 0 Å². The molecule has 9 heteroatoms. The van der Waals surface area contributed by atoms with Gasteiger partial charge >= 0.3 is 13.8 Å². The van der Waals surface area contributed by atoms with E-state index >= 15 is 0 Å². The van der Waals surface area contributed by atoms with Crippen molar-refractivity contribution in [3.05, 3.63) is 85.1 Å². The Balaban J connectivity index is 3.51. The molecule has 0 aromatic rings. The van der Waals surface area contributed by atoms with Crippen molar-refractivity contribution in [3.8, 4) is 0 Å². The van der Waals surface area contributed by atoms with E-state index < -0.39 is 26.5 Å². The Kier molecular flexibility index (Phi) is 34.2. The molecule has 0 aromatic heterocycles. The zero-order chi connectivity index (χ0) is 35.2. The van der Waals surface area contributed by atoms with Gasteiger partial charge in [0, 0.05) is 13.0 Å². The first-order chi connectivity index (χ1) is 23.4. The first kappa shape index (κ1) is 45.7. The molecular formula is C39H66NO7P. The zero-order valence-corrected chi connectivity index (χ0v) is 30.6. The van der Waals surface area contributed by atoms with E-state index in [1.54, 1.807) is 0 Å². The fraction of sp³-hybridized carbons (Fsp3) is 0.615. The maximum Gasteiger partial charge on any atom is 0.472 e. The summed E-state index contributed by atoms with van der Waals surface area (Å²) in [6.07, 6.45) is 48.8. The van der Waals surface area contributed by atoms with Gasteiger partial charge in [0.1, 0.15) is 12.7 Å². The second kappa shape index (κ2) is 36.0. The minimum absolute atomic E-state index is 0.0693. The number of carbonyl (C=O) groups excluding carboxylic acids is 1. The van der Waals surface area contributed by atoms with E-state index in [1.807, 2.05) is 0 Å². The number of rotatable bonds is 33. The molecule has 0 aliphatic rings. The van der Waals surface area contributed by atoms with E-state index in [0.717, 1.165) is 70.6 Å². The molecule has 4 N–H and O–H groups in total. The number of aliphatic hydroxyl groups is 1. The van der Waals surface area contributed by atoms with Gasteiger partial charge in [-0.25, -0.2) is 4.57 Å². The minimum Gasteiger partial charge on any atom is -0.463 e. The molecule has 274 valence electrons. The lowest BCUT2D eigenvalue weighted by atomic mass is 10.1. The van der Waals surface area contributed by atoms with Crippen LogP contribution in [0.5, 0.6) is 0 Å². The maximum absolute atomic E-state index is 11.8. The Hall–Kier alpha value is -2.32. The number of hydrogen-bond acceptors (Lipinski definition) is 7. The van der Waals surface area contributed by atoms with Gasteiger partial charge in [0.05, 0.1) is 13.2 Å². The third-order valence-corrected chi connectivity index (χ3v) is 8.01. The van der Waals surface area contributed by atoms with Gasteiger partial charge in [-0.1, -0.05) is 137 Å².